The minimum absolute atomic E-state index is 1.37. The minimum Gasteiger partial charge on any atom is -0.143 e. The topological polar surface area (TPSA) is 0 Å². The third-order valence-corrected chi connectivity index (χ3v) is 11.1. The molecule has 1 aliphatic heterocycles. The van der Waals surface area contributed by atoms with Gasteiger partial charge in [0.05, 0.1) is 19.5 Å². The summed E-state index contributed by atoms with van der Waals surface area (Å²) >= 11 is 9.31. The molecular weight excluding hydrogens is 457 g/mol. The smallest absolute Gasteiger partial charge is 0.0543 e. The van der Waals surface area contributed by atoms with Crippen molar-refractivity contribution in [2.75, 3.05) is 0 Å². The van der Waals surface area contributed by atoms with Crippen LogP contribution in [0.25, 0.3) is 19.5 Å². The first-order valence-corrected chi connectivity index (χ1v) is 13.8. The molecule has 0 spiro atoms. The average molecular weight is 469 g/mol. The Morgan fingerprint density at radius 3 is 1.21 bits per heavy atom. The van der Waals surface area contributed by atoms with E-state index in [2.05, 4.69) is 70.1 Å². The summed E-state index contributed by atoms with van der Waals surface area (Å²) in [7, 11) is 1.95. The highest BCUT2D eigenvalue weighted by Gasteiger charge is 2.31. The van der Waals surface area contributed by atoms with Crippen LogP contribution in [0.2, 0.25) is 0 Å². The van der Waals surface area contributed by atoms with E-state index in [0.29, 0.717) is 0 Å². The van der Waals surface area contributed by atoms with Gasteiger partial charge in [-0.05, 0) is 45.8 Å². The van der Waals surface area contributed by atoms with Crippen molar-refractivity contribution in [3.63, 3.8) is 0 Å². The summed E-state index contributed by atoms with van der Waals surface area (Å²) in [6.45, 7) is 0. The Hall–Kier alpha value is -1.54. The largest absolute Gasteiger partial charge is 0.143 e. The van der Waals surface area contributed by atoms with E-state index < -0.39 is 0 Å². The lowest BCUT2D eigenvalue weighted by atomic mass is 9.99. The molecule has 0 atom stereocenters. The molecule has 0 amide bonds. The van der Waals surface area contributed by atoms with Crippen LogP contribution in [0, 0.1) is 0 Å². The highest BCUT2D eigenvalue weighted by atomic mass is 32.1. The van der Waals surface area contributed by atoms with Crippen molar-refractivity contribution in [1.82, 2.24) is 0 Å². The van der Waals surface area contributed by atoms with Crippen LogP contribution in [0.3, 0.4) is 0 Å². The summed E-state index contributed by atoms with van der Waals surface area (Å²) in [5, 5.41) is 8.73. The van der Waals surface area contributed by atoms with Crippen LogP contribution in [0.4, 0.5) is 0 Å². The van der Waals surface area contributed by atoms with Gasteiger partial charge in [-0.1, -0.05) is 24.3 Å². The first-order chi connectivity index (χ1) is 13.9. The van der Waals surface area contributed by atoms with E-state index in [4.69, 9.17) is 0 Å². The van der Waals surface area contributed by atoms with Crippen molar-refractivity contribution in [2.24, 2.45) is 0 Å². The second-order valence-electron chi connectivity index (χ2n) is 6.18. The summed E-state index contributed by atoms with van der Waals surface area (Å²) in [5.74, 6) is 0. The maximum Gasteiger partial charge on any atom is 0.0543 e. The number of hydrogen-bond acceptors (Lipinski definition) is 5. The van der Waals surface area contributed by atoms with Gasteiger partial charge >= 0.3 is 0 Å². The molecule has 5 aromatic heterocycles. The standard InChI is InChI=1S/C22H12S6/c1-5-13(23-9-1)19-17-18(21(27-19)15-7-3-11-25-15)22(16-8-4-12-26-16)28-20(17)14-6-2-10-24-14/h1-12H. The van der Waals surface area contributed by atoms with E-state index >= 15 is 0 Å². The third kappa shape index (κ3) is 2.71. The Morgan fingerprint density at radius 2 is 0.857 bits per heavy atom. The first kappa shape index (κ1) is 17.3. The van der Waals surface area contributed by atoms with E-state index in [1.165, 1.54) is 50.1 Å². The van der Waals surface area contributed by atoms with Crippen LogP contribution in [0.1, 0.15) is 20.9 Å². The molecule has 6 heterocycles. The predicted molar refractivity (Wildman–Crippen MR) is 134 cm³/mol. The van der Waals surface area contributed by atoms with Gasteiger partial charge in [-0.3, -0.25) is 0 Å². The molecule has 0 radical (unpaired) electrons. The SMILES string of the molecule is c1csc(C2=S=C(c3cccs3)c3c(-c4cccs4)sc(-c4cccs4)c32)c1. The molecule has 0 fully saturated rings. The van der Waals surface area contributed by atoms with E-state index in [0.717, 1.165) is 0 Å². The monoisotopic (exact) mass is 468 g/mol. The van der Waals surface area contributed by atoms with Gasteiger partial charge in [0, 0.05) is 30.6 Å². The van der Waals surface area contributed by atoms with Crippen LogP contribution < -0.4 is 0 Å². The van der Waals surface area contributed by atoms with Gasteiger partial charge in [0.15, 0.2) is 0 Å². The van der Waals surface area contributed by atoms with Gasteiger partial charge in [0.25, 0.3) is 0 Å². The van der Waals surface area contributed by atoms with Gasteiger partial charge in [-0.2, -0.15) is 0 Å². The quantitative estimate of drug-likeness (QED) is 0.229. The van der Waals surface area contributed by atoms with Crippen LogP contribution >= 0.6 is 67.6 Å². The average Bonchev–Trinajstić information content (AvgIpc) is 3.56. The van der Waals surface area contributed by atoms with E-state index in [1.54, 1.807) is 0 Å². The maximum absolute atomic E-state index is 2.26. The summed E-state index contributed by atoms with van der Waals surface area (Å²) in [6.07, 6.45) is 0. The molecule has 6 rings (SSSR count). The Morgan fingerprint density at radius 1 is 0.464 bits per heavy atom. The molecule has 0 aliphatic carbocycles. The maximum atomic E-state index is 2.26. The zero-order valence-corrected chi connectivity index (χ0v) is 19.3. The highest BCUT2D eigenvalue weighted by Crippen LogP contribution is 2.49. The summed E-state index contributed by atoms with van der Waals surface area (Å²) in [6, 6.07) is 17.7. The van der Waals surface area contributed by atoms with Crippen LogP contribution in [0.5, 0.6) is 0 Å². The zero-order chi connectivity index (χ0) is 18.5. The molecule has 6 heteroatoms. The normalized spacial score (nSPS) is 13.1. The van der Waals surface area contributed by atoms with Crippen molar-refractivity contribution < 1.29 is 0 Å². The fraction of sp³-hybridized carbons (Fsp3) is 0. The Labute approximate surface area is 186 Å². The second kappa shape index (κ2) is 7.06. The third-order valence-electron chi connectivity index (χ3n) is 4.55. The molecule has 28 heavy (non-hydrogen) atoms. The van der Waals surface area contributed by atoms with Gasteiger partial charge in [-0.15, -0.1) is 67.6 Å². The molecule has 0 N–H and O–H groups in total. The van der Waals surface area contributed by atoms with Gasteiger partial charge < -0.3 is 0 Å². The summed E-state index contributed by atoms with van der Waals surface area (Å²) in [4.78, 5) is 11.1. The molecular formula is C22H12S6. The van der Waals surface area contributed by atoms with Gasteiger partial charge in [0.1, 0.15) is 0 Å². The van der Waals surface area contributed by atoms with Crippen molar-refractivity contribution in [3.8, 4) is 19.5 Å². The number of fused-ring (bicyclic) bond motifs is 1. The number of thiophene rings is 5. The summed E-state index contributed by atoms with van der Waals surface area (Å²) < 4.78 is 0. The van der Waals surface area contributed by atoms with Gasteiger partial charge in [-0.25, -0.2) is 0 Å². The number of rotatable bonds is 4. The van der Waals surface area contributed by atoms with Crippen LogP contribution in [-0.2, 0) is 0 Å². The first-order valence-electron chi connectivity index (χ1n) is 8.65. The minimum atomic E-state index is 1.37. The molecule has 0 saturated carbocycles. The van der Waals surface area contributed by atoms with Crippen LogP contribution in [0.15, 0.2) is 70.1 Å². The highest BCUT2D eigenvalue weighted by molar-refractivity contribution is 8.00. The fourth-order valence-electron chi connectivity index (χ4n) is 3.39. The van der Waals surface area contributed by atoms with Crippen molar-refractivity contribution in [2.45, 2.75) is 0 Å². The molecule has 0 nitrogen and oxygen atoms in total. The Balaban J connectivity index is 1.71. The van der Waals surface area contributed by atoms with Gasteiger partial charge in [0.2, 0.25) is 0 Å². The molecule has 0 aromatic carbocycles. The Kier molecular flexibility index (Phi) is 4.37. The van der Waals surface area contributed by atoms with Crippen molar-refractivity contribution >= 4 is 77.4 Å². The van der Waals surface area contributed by atoms with Crippen molar-refractivity contribution in [1.29, 1.82) is 0 Å². The predicted octanol–water partition coefficient (Wildman–Crippen LogP) is 8.21. The zero-order valence-electron chi connectivity index (χ0n) is 14.4. The lowest BCUT2D eigenvalue weighted by molar-refractivity contribution is 1.77. The van der Waals surface area contributed by atoms with Crippen molar-refractivity contribution in [3.05, 3.63) is 90.9 Å². The van der Waals surface area contributed by atoms with E-state index in [1.807, 2.05) is 67.6 Å². The summed E-state index contributed by atoms with van der Waals surface area (Å²) in [5.41, 5.74) is 2.87. The molecule has 0 unspecified atom stereocenters. The molecule has 1 aliphatic rings. The van der Waals surface area contributed by atoms with E-state index in [9.17, 15) is 0 Å². The van der Waals surface area contributed by atoms with Crippen LogP contribution in [-0.4, -0.2) is 9.73 Å². The van der Waals surface area contributed by atoms with E-state index in [-0.39, 0.29) is 0 Å². The molecule has 5 aromatic rings. The lowest BCUT2D eigenvalue weighted by Crippen LogP contribution is -2.01. The number of hydrogen-bond donors (Lipinski definition) is 0. The fourth-order valence-corrected chi connectivity index (χ4v) is 9.59. The second-order valence-corrected chi connectivity index (χ2v) is 12.0. The lowest BCUT2D eigenvalue weighted by Gasteiger charge is -2.04. The molecule has 0 saturated heterocycles. The molecule has 136 valence electrons. The molecule has 0 bridgehead atoms. The Bertz CT molecular complexity index is 1210.